The number of nitriles is 1. The Morgan fingerprint density at radius 3 is 2.72 bits per heavy atom. The number of thioether (sulfide) groups is 1. The fourth-order valence-electron chi connectivity index (χ4n) is 2.91. The van der Waals surface area contributed by atoms with Gasteiger partial charge in [-0.3, -0.25) is 4.79 Å². The maximum absolute atomic E-state index is 14.7. The van der Waals surface area contributed by atoms with Crippen molar-refractivity contribution in [1.29, 1.82) is 5.26 Å². The minimum atomic E-state index is -0.980. The normalized spacial score (nSPS) is 18.6. The number of pyridine rings is 1. The number of hydrogen-bond acceptors (Lipinski definition) is 6. The Kier molecular flexibility index (Phi) is 5.71. The summed E-state index contributed by atoms with van der Waals surface area (Å²) in [6.07, 6.45) is 3.23. The van der Waals surface area contributed by atoms with Crippen LogP contribution in [0, 0.1) is 23.1 Å². The molecule has 29 heavy (non-hydrogen) atoms. The zero-order chi connectivity index (χ0) is 21.2. The summed E-state index contributed by atoms with van der Waals surface area (Å²) >= 11 is 1.38. The minimum Gasteiger partial charge on any atom is -0.378 e. The summed E-state index contributed by atoms with van der Waals surface area (Å²) in [6.45, 7) is 5.86. The topological polar surface area (TPSA) is 104 Å². The van der Waals surface area contributed by atoms with Crippen molar-refractivity contribution >= 4 is 28.5 Å². The number of carbonyl (C=O) groups is 1. The van der Waals surface area contributed by atoms with Crippen molar-refractivity contribution in [2.45, 2.75) is 26.3 Å². The Labute approximate surface area is 172 Å². The van der Waals surface area contributed by atoms with Crippen molar-refractivity contribution in [3.63, 3.8) is 0 Å². The van der Waals surface area contributed by atoms with Crippen LogP contribution in [0.5, 0.6) is 0 Å². The van der Waals surface area contributed by atoms with E-state index in [1.165, 1.54) is 42.2 Å². The van der Waals surface area contributed by atoms with E-state index in [2.05, 4.69) is 15.3 Å². The summed E-state index contributed by atoms with van der Waals surface area (Å²) < 4.78 is 14.7. The molecule has 0 bridgehead atoms. The number of aliphatic imine (C=N–C) groups is 1. The predicted octanol–water partition coefficient (Wildman–Crippen LogP) is 4.16. The van der Waals surface area contributed by atoms with Crippen molar-refractivity contribution in [2.75, 3.05) is 5.32 Å². The summed E-state index contributed by atoms with van der Waals surface area (Å²) in [5.74, 6) is -0.676. The third kappa shape index (κ3) is 4.46. The average Bonchev–Trinajstić information content (AvgIpc) is 2.68. The molecule has 1 amide bonds. The van der Waals surface area contributed by atoms with Crippen LogP contribution in [0.4, 0.5) is 10.1 Å². The number of benzene rings is 1. The number of carbonyl (C=O) groups excluding carboxylic acids is 1. The van der Waals surface area contributed by atoms with E-state index < -0.39 is 17.3 Å². The molecule has 0 fully saturated rings. The second kappa shape index (κ2) is 8.05. The highest BCUT2D eigenvalue weighted by Crippen LogP contribution is 2.40. The van der Waals surface area contributed by atoms with Crippen LogP contribution >= 0.6 is 11.8 Å². The first-order valence-electron chi connectivity index (χ1n) is 8.95. The van der Waals surface area contributed by atoms with Gasteiger partial charge in [-0.1, -0.05) is 25.6 Å². The molecule has 3 N–H and O–H groups in total. The number of halogens is 1. The molecular formula is C21H20FN5OS. The van der Waals surface area contributed by atoms with Crippen LogP contribution in [0.25, 0.3) is 0 Å². The molecule has 6 nitrogen and oxygen atoms in total. The first kappa shape index (κ1) is 20.6. The standard InChI is InChI=1S/C21H20FN5OS/c1-12(2)18-9-21(3,27-20(24)29-18)15-8-14(5-6-16(15)22)26-19(28)17-7-4-13(10-23)11-25-17/h4-9,11-12H,1-3H3,(H2,24,27)(H,26,28)/t21-/m0/s1. The lowest BCUT2D eigenvalue weighted by atomic mass is 9.90. The van der Waals surface area contributed by atoms with E-state index >= 15 is 0 Å². The number of nitrogens with two attached hydrogens (primary N) is 1. The number of rotatable bonds is 4. The van der Waals surface area contributed by atoms with E-state index in [1.54, 1.807) is 13.0 Å². The minimum absolute atomic E-state index is 0.152. The predicted molar refractivity (Wildman–Crippen MR) is 113 cm³/mol. The SMILES string of the molecule is CC(C)C1=C[C@@](C)(c2cc(NC(=O)c3ccc(C#N)cn3)ccc2F)N=C(N)S1. The van der Waals surface area contributed by atoms with Crippen LogP contribution in [0.1, 0.15) is 42.4 Å². The molecule has 1 aliphatic heterocycles. The number of nitrogens with zero attached hydrogens (tertiary/aromatic N) is 3. The molecule has 1 aliphatic rings. The molecule has 0 aliphatic carbocycles. The van der Waals surface area contributed by atoms with Crippen molar-refractivity contribution in [3.05, 3.63) is 70.1 Å². The summed E-state index contributed by atoms with van der Waals surface area (Å²) in [5.41, 5.74) is 6.24. The first-order valence-corrected chi connectivity index (χ1v) is 9.77. The van der Waals surface area contributed by atoms with Gasteiger partial charge in [-0.25, -0.2) is 14.4 Å². The Bertz CT molecular complexity index is 1060. The monoisotopic (exact) mass is 409 g/mol. The van der Waals surface area contributed by atoms with Gasteiger partial charge in [-0.2, -0.15) is 5.26 Å². The second-order valence-electron chi connectivity index (χ2n) is 7.09. The van der Waals surface area contributed by atoms with Gasteiger partial charge in [0.15, 0.2) is 5.17 Å². The van der Waals surface area contributed by atoms with Crippen LogP contribution in [0.15, 0.2) is 52.5 Å². The number of amidine groups is 1. The lowest BCUT2D eigenvalue weighted by Gasteiger charge is -2.29. The largest absolute Gasteiger partial charge is 0.378 e. The molecular weight excluding hydrogens is 389 g/mol. The summed E-state index contributed by atoms with van der Waals surface area (Å²) in [4.78, 5) is 21.9. The molecule has 1 aromatic heterocycles. The molecule has 0 unspecified atom stereocenters. The van der Waals surface area contributed by atoms with Gasteiger partial charge in [-0.15, -0.1) is 0 Å². The molecule has 1 aromatic carbocycles. The van der Waals surface area contributed by atoms with E-state index in [4.69, 9.17) is 11.0 Å². The molecule has 0 radical (unpaired) electrons. The quantitative estimate of drug-likeness (QED) is 0.789. The van der Waals surface area contributed by atoms with Gasteiger partial charge in [0.2, 0.25) is 0 Å². The van der Waals surface area contributed by atoms with E-state index in [0.717, 1.165) is 4.91 Å². The van der Waals surface area contributed by atoms with Gasteiger partial charge in [-0.05, 0) is 54.2 Å². The summed E-state index contributed by atoms with van der Waals surface area (Å²) in [7, 11) is 0. The highest BCUT2D eigenvalue weighted by molar-refractivity contribution is 8.17. The highest BCUT2D eigenvalue weighted by atomic mass is 32.2. The summed E-state index contributed by atoms with van der Waals surface area (Å²) in [5, 5.41) is 11.9. The third-order valence-corrected chi connectivity index (χ3v) is 5.58. The van der Waals surface area contributed by atoms with E-state index in [1.807, 2.05) is 26.0 Å². The van der Waals surface area contributed by atoms with E-state index in [0.29, 0.717) is 22.0 Å². The molecule has 2 aromatic rings. The summed E-state index contributed by atoms with van der Waals surface area (Å²) in [6, 6.07) is 9.23. The Balaban J connectivity index is 1.92. The lowest BCUT2D eigenvalue weighted by molar-refractivity contribution is 0.102. The smallest absolute Gasteiger partial charge is 0.274 e. The molecule has 0 saturated carbocycles. The van der Waals surface area contributed by atoms with Gasteiger partial charge in [0.1, 0.15) is 23.1 Å². The maximum atomic E-state index is 14.7. The number of amides is 1. The van der Waals surface area contributed by atoms with Gasteiger partial charge < -0.3 is 11.1 Å². The number of allylic oxidation sites excluding steroid dienone is 1. The van der Waals surface area contributed by atoms with E-state index in [-0.39, 0.29) is 11.6 Å². The Morgan fingerprint density at radius 1 is 1.34 bits per heavy atom. The molecule has 0 saturated heterocycles. The molecule has 2 heterocycles. The van der Waals surface area contributed by atoms with Crippen molar-refractivity contribution in [3.8, 4) is 6.07 Å². The van der Waals surface area contributed by atoms with Crippen molar-refractivity contribution < 1.29 is 9.18 Å². The fraction of sp³-hybridized carbons (Fsp3) is 0.238. The number of hydrogen-bond donors (Lipinski definition) is 2. The fourth-order valence-corrected chi connectivity index (χ4v) is 3.91. The van der Waals surface area contributed by atoms with Crippen LogP contribution in [0.3, 0.4) is 0 Å². The number of aromatic nitrogens is 1. The highest BCUT2D eigenvalue weighted by Gasteiger charge is 2.32. The molecule has 0 spiro atoms. The van der Waals surface area contributed by atoms with Crippen LogP contribution in [-0.4, -0.2) is 16.1 Å². The number of nitrogens with one attached hydrogen (secondary N) is 1. The molecule has 3 rings (SSSR count). The lowest BCUT2D eigenvalue weighted by Crippen LogP contribution is -2.27. The van der Waals surface area contributed by atoms with Gasteiger partial charge in [0.25, 0.3) is 5.91 Å². The van der Waals surface area contributed by atoms with Crippen LogP contribution < -0.4 is 11.1 Å². The van der Waals surface area contributed by atoms with Gasteiger partial charge in [0, 0.05) is 17.4 Å². The molecule has 1 atom stereocenters. The van der Waals surface area contributed by atoms with Gasteiger partial charge >= 0.3 is 0 Å². The maximum Gasteiger partial charge on any atom is 0.274 e. The molecule has 8 heteroatoms. The van der Waals surface area contributed by atoms with Crippen molar-refractivity contribution in [1.82, 2.24) is 4.98 Å². The number of anilines is 1. The van der Waals surface area contributed by atoms with Crippen LogP contribution in [0.2, 0.25) is 0 Å². The van der Waals surface area contributed by atoms with Crippen molar-refractivity contribution in [2.24, 2.45) is 16.6 Å². The Morgan fingerprint density at radius 2 is 2.10 bits per heavy atom. The Hall–Kier alpha value is -3.18. The first-order chi connectivity index (χ1) is 13.7. The van der Waals surface area contributed by atoms with Crippen LogP contribution in [-0.2, 0) is 5.54 Å². The average molecular weight is 409 g/mol. The van der Waals surface area contributed by atoms with E-state index in [9.17, 15) is 9.18 Å². The molecule has 148 valence electrons. The second-order valence-corrected chi connectivity index (χ2v) is 8.19. The zero-order valence-electron chi connectivity index (χ0n) is 16.2. The third-order valence-electron chi connectivity index (χ3n) is 4.45. The van der Waals surface area contributed by atoms with Gasteiger partial charge in [0.05, 0.1) is 5.56 Å². The zero-order valence-corrected chi connectivity index (χ0v) is 17.0.